The van der Waals surface area contributed by atoms with E-state index in [2.05, 4.69) is 10.4 Å². The number of halogens is 1. The fraction of sp³-hybridized carbons (Fsp3) is 0.250. The smallest absolute Gasteiger partial charge is 0.128 e. The number of benzene rings is 1. The highest BCUT2D eigenvalue weighted by molar-refractivity contribution is 5.39. The number of rotatable bonds is 3. The average molecular weight is 219 g/mol. The molecule has 3 nitrogen and oxygen atoms in total. The number of aryl methyl sites for hydroxylation is 2. The SMILES string of the molecule is Cc1ccc(F)c(CNc2cnn(C)c2)c1. The van der Waals surface area contributed by atoms with Crippen LogP contribution in [0.25, 0.3) is 0 Å². The van der Waals surface area contributed by atoms with Crippen LogP contribution in [0.5, 0.6) is 0 Å². The van der Waals surface area contributed by atoms with E-state index < -0.39 is 0 Å². The van der Waals surface area contributed by atoms with Gasteiger partial charge in [0.15, 0.2) is 0 Å². The first-order chi connectivity index (χ1) is 7.65. The summed E-state index contributed by atoms with van der Waals surface area (Å²) in [4.78, 5) is 0. The maximum absolute atomic E-state index is 13.4. The van der Waals surface area contributed by atoms with Gasteiger partial charge in [0.1, 0.15) is 5.82 Å². The van der Waals surface area contributed by atoms with Gasteiger partial charge in [0.05, 0.1) is 11.9 Å². The second-order valence-corrected chi connectivity index (χ2v) is 3.85. The van der Waals surface area contributed by atoms with Gasteiger partial charge in [0.2, 0.25) is 0 Å². The minimum absolute atomic E-state index is 0.179. The first-order valence-electron chi connectivity index (χ1n) is 5.13. The van der Waals surface area contributed by atoms with Gasteiger partial charge in [-0.05, 0) is 13.0 Å². The second kappa shape index (κ2) is 4.35. The fourth-order valence-corrected chi connectivity index (χ4v) is 1.55. The van der Waals surface area contributed by atoms with Gasteiger partial charge in [-0.2, -0.15) is 5.10 Å². The quantitative estimate of drug-likeness (QED) is 0.859. The van der Waals surface area contributed by atoms with Crippen LogP contribution in [-0.4, -0.2) is 9.78 Å². The van der Waals surface area contributed by atoms with Gasteiger partial charge < -0.3 is 5.32 Å². The van der Waals surface area contributed by atoms with Gasteiger partial charge in [-0.15, -0.1) is 0 Å². The molecule has 1 heterocycles. The van der Waals surface area contributed by atoms with Crippen molar-refractivity contribution in [3.63, 3.8) is 0 Å². The Morgan fingerprint density at radius 2 is 2.25 bits per heavy atom. The summed E-state index contributed by atoms with van der Waals surface area (Å²) in [6, 6.07) is 5.11. The van der Waals surface area contributed by atoms with Crippen LogP contribution < -0.4 is 5.32 Å². The van der Waals surface area contributed by atoms with Crippen molar-refractivity contribution in [3.8, 4) is 0 Å². The zero-order valence-electron chi connectivity index (χ0n) is 9.37. The maximum Gasteiger partial charge on any atom is 0.128 e. The molecule has 0 aliphatic heterocycles. The van der Waals surface area contributed by atoms with E-state index in [1.54, 1.807) is 16.9 Å². The third-order valence-corrected chi connectivity index (χ3v) is 2.39. The first-order valence-corrected chi connectivity index (χ1v) is 5.13. The Morgan fingerprint density at radius 3 is 2.94 bits per heavy atom. The zero-order chi connectivity index (χ0) is 11.5. The lowest BCUT2D eigenvalue weighted by Crippen LogP contribution is -2.01. The van der Waals surface area contributed by atoms with Crippen molar-refractivity contribution in [1.29, 1.82) is 0 Å². The molecule has 1 aromatic heterocycles. The Kier molecular flexibility index (Phi) is 2.90. The van der Waals surface area contributed by atoms with E-state index >= 15 is 0 Å². The molecule has 2 aromatic rings. The summed E-state index contributed by atoms with van der Waals surface area (Å²) < 4.78 is 15.1. The standard InChI is InChI=1S/C12H14FN3/c1-9-3-4-12(13)10(5-9)6-14-11-7-15-16(2)8-11/h3-5,7-8,14H,6H2,1-2H3. The third kappa shape index (κ3) is 2.39. The van der Waals surface area contributed by atoms with Crippen molar-refractivity contribution in [2.45, 2.75) is 13.5 Å². The summed E-state index contributed by atoms with van der Waals surface area (Å²) in [6.45, 7) is 2.42. The van der Waals surface area contributed by atoms with Gasteiger partial charge in [0, 0.05) is 25.4 Å². The van der Waals surface area contributed by atoms with Crippen LogP contribution in [0.1, 0.15) is 11.1 Å². The van der Waals surface area contributed by atoms with Gasteiger partial charge in [-0.1, -0.05) is 17.7 Å². The molecule has 84 valence electrons. The Balaban J connectivity index is 2.07. The topological polar surface area (TPSA) is 29.9 Å². The van der Waals surface area contributed by atoms with Crippen LogP contribution in [0.15, 0.2) is 30.6 Å². The van der Waals surface area contributed by atoms with Crippen molar-refractivity contribution in [3.05, 3.63) is 47.5 Å². The van der Waals surface area contributed by atoms with Crippen molar-refractivity contribution < 1.29 is 4.39 Å². The average Bonchev–Trinajstić information content (AvgIpc) is 2.66. The Labute approximate surface area is 93.9 Å². The predicted octanol–water partition coefficient (Wildman–Crippen LogP) is 2.48. The summed E-state index contributed by atoms with van der Waals surface area (Å²) >= 11 is 0. The molecule has 0 saturated heterocycles. The fourth-order valence-electron chi connectivity index (χ4n) is 1.55. The predicted molar refractivity (Wildman–Crippen MR) is 61.7 cm³/mol. The van der Waals surface area contributed by atoms with Crippen LogP contribution in [0.2, 0.25) is 0 Å². The molecular formula is C12H14FN3. The van der Waals surface area contributed by atoms with Crippen LogP contribution in [0.4, 0.5) is 10.1 Å². The molecule has 0 bridgehead atoms. The molecule has 0 spiro atoms. The number of nitrogens with zero attached hydrogens (tertiary/aromatic N) is 2. The van der Waals surface area contributed by atoms with Crippen molar-refractivity contribution in [1.82, 2.24) is 9.78 Å². The Morgan fingerprint density at radius 1 is 1.44 bits per heavy atom. The number of hydrogen-bond acceptors (Lipinski definition) is 2. The van der Waals surface area contributed by atoms with Gasteiger partial charge in [0.25, 0.3) is 0 Å². The lowest BCUT2D eigenvalue weighted by Gasteiger charge is -2.05. The zero-order valence-corrected chi connectivity index (χ0v) is 9.37. The molecule has 0 aliphatic carbocycles. The molecule has 1 aromatic carbocycles. The van der Waals surface area contributed by atoms with Crippen LogP contribution >= 0.6 is 0 Å². The van der Waals surface area contributed by atoms with E-state index in [1.165, 1.54) is 6.07 Å². The summed E-state index contributed by atoms with van der Waals surface area (Å²) in [7, 11) is 1.85. The highest BCUT2D eigenvalue weighted by Gasteiger charge is 2.02. The maximum atomic E-state index is 13.4. The number of nitrogens with one attached hydrogen (secondary N) is 1. The normalized spacial score (nSPS) is 10.4. The van der Waals surface area contributed by atoms with Gasteiger partial charge in [-0.25, -0.2) is 4.39 Å². The Hall–Kier alpha value is -1.84. The number of anilines is 1. The molecule has 0 radical (unpaired) electrons. The third-order valence-electron chi connectivity index (χ3n) is 2.39. The molecular weight excluding hydrogens is 205 g/mol. The minimum atomic E-state index is -0.179. The van der Waals surface area contributed by atoms with E-state index in [0.717, 1.165) is 11.3 Å². The highest BCUT2D eigenvalue weighted by Crippen LogP contribution is 2.12. The lowest BCUT2D eigenvalue weighted by atomic mass is 10.1. The van der Waals surface area contributed by atoms with Gasteiger partial charge >= 0.3 is 0 Å². The highest BCUT2D eigenvalue weighted by atomic mass is 19.1. The molecule has 0 amide bonds. The largest absolute Gasteiger partial charge is 0.378 e. The van der Waals surface area contributed by atoms with E-state index in [9.17, 15) is 4.39 Å². The van der Waals surface area contributed by atoms with Crippen molar-refractivity contribution >= 4 is 5.69 Å². The summed E-state index contributed by atoms with van der Waals surface area (Å²) in [5.74, 6) is -0.179. The molecule has 2 rings (SSSR count). The van der Waals surface area contributed by atoms with E-state index in [-0.39, 0.29) is 5.82 Å². The van der Waals surface area contributed by atoms with Crippen LogP contribution in [0.3, 0.4) is 0 Å². The summed E-state index contributed by atoms with van der Waals surface area (Å²) in [5, 5.41) is 7.16. The molecule has 4 heteroatoms. The number of aromatic nitrogens is 2. The van der Waals surface area contributed by atoms with Crippen LogP contribution in [-0.2, 0) is 13.6 Å². The van der Waals surface area contributed by atoms with E-state index in [1.807, 2.05) is 26.2 Å². The Bertz CT molecular complexity index is 491. The second-order valence-electron chi connectivity index (χ2n) is 3.85. The minimum Gasteiger partial charge on any atom is -0.378 e. The monoisotopic (exact) mass is 219 g/mol. The molecule has 0 aliphatic rings. The van der Waals surface area contributed by atoms with E-state index in [0.29, 0.717) is 12.1 Å². The molecule has 0 atom stereocenters. The lowest BCUT2D eigenvalue weighted by molar-refractivity contribution is 0.612. The molecule has 0 unspecified atom stereocenters. The molecule has 0 fully saturated rings. The van der Waals surface area contributed by atoms with Gasteiger partial charge in [-0.3, -0.25) is 4.68 Å². The first kappa shape index (κ1) is 10.7. The van der Waals surface area contributed by atoms with Crippen molar-refractivity contribution in [2.24, 2.45) is 7.05 Å². The van der Waals surface area contributed by atoms with Crippen LogP contribution in [0, 0.1) is 12.7 Å². The molecule has 1 N–H and O–H groups in total. The summed E-state index contributed by atoms with van der Waals surface area (Å²) in [6.07, 6.45) is 3.57. The summed E-state index contributed by atoms with van der Waals surface area (Å²) in [5.41, 5.74) is 2.62. The van der Waals surface area contributed by atoms with E-state index in [4.69, 9.17) is 0 Å². The van der Waals surface area contributed by atoms with Crippen molar-refractivity contribution in [2.75, 3.05) is 5.32 Å². The molecule has 0 saturated carbocycles. The number of hydrogen-bond donors (Lipinski definition) is 1. The molecule has 16 heavy (non-hydrogen) atoms.